The van der Waals surface area contributed by atoms with Crippen LogP contribution in [0.5, 0.6) is 0 Å². The number of hydrogen-bond donors (Lipinski definition) is 1. The summed E-state index contributed by atoms with van der Waals surface area (Å²) in [6.45, 7) is 5.63. The number of benzene rings is 2. The summed E-state index contributed by atoms with van der Waals surface area (Å²) in [7, 11) is 1.66. The second-order valence-corrected chi connectivity index (χ2v) is 9.64. The molecule has 2 saturated heterocycles. The van der Waals surface area contributed by atoms with Gasteiger partial charge in [-0.1, -0.05) is 36.4 Å². The number of nitrogens with one attached hydrogen (secondary N) is 1. The first-order chi connectivity index (χ1) is 17.0. The number of ether oxygens (including phenoxy) is 1. The zero-order valence-corrected chi connectivity index (χ0v) is 20.5. The molecule has 3 amide bonds. The summed E-state index contributed by atoms with van der Waals surface area (Å²) in [5, 5.41) is 2.25. The molecule has 1 aromatic heterocycles. The number of H-pyrrole nitrogens is 1. The third kappa shape index (κ3) is 4.44. The molecule has 0 aliphatic carbocycles. The molecular formula is C27H33N5O3. The van der Waals surface area contributed by atoms with Crippen molar-refractivity contribution in [1.29, 1.82) is 0 Å². The molecule has 1 spiro atoms. The number of urea groups is 1. The van der Waals surface area contributed by atoms with Crippen LogP contribution in [0.2, 0.25) is 0 Å². The van der Waals surface area contributed by atoms with Crippen molar-refractivity contribution in [2.24, 2.45) is 0 Å². The van der Waals surface area contributed by atoms with E-state index in [1.807, 2.05) is 30.0 Å². The van der Waals surface area contributed by atoms with Crippen molar-refractivity contribution in [2.45, 2.75) is 44.8 Å². The molecule has 0 saturated carbocycles. The van der Waals surface area contributed by atoms with Gasteiger partial charge in [0.1, 0.15) is 5.54 Å². The van der Waals surface area contributed by atoms with Crippen LogP contribution in [-0.4, -0.2) is 75.5 Å². The molecule has 1 N–H and O–H groups in total. The number of carbonyl (C=O) groups excluding carboxylic acids is 2. The van der Waals surface area contributed by atoms with E-state index in [2.05, 4.69) is 39.1 Å². The van der Waals surface area contributed by atoms with Crippen molar-refractivity contribution < 1.29 is 14.3 Å². The molecule has 3 heterocycles. The van der Waals surface area contributed by atoms with Crippen LogP contribution in [-0.2, 0) is 22.6 Å². The predicted molar refractivity (Wildman–Crippen MR) is 134 cm³/mol. The summed E-state index contributed by atoms with van der Waals surface area (Å²) in [5.74, 6) is -0.0660. The normalized spacial score (nSPS) is 18.3. The highest BCUT2D eigenvalue weighted by molar-refractivity contribution is 6.07. The topological polar surface area (TPSA) is 81.8 Å². The lowest BCUT2D eigenvalue weighted by atomic mass is 9.85. The van der Waals surface area contributed by atoms with E-state index in [0.29, 0.717) is 39.0 Å². The van der Waals surface area contributed by atoms with Gasteiger partial charge in [-0.15, -0.1) is 0 Å². The number of aromatic nitrogens is 2. The first kappa shape index (κ1) is 23.5. The third-order valence-corrected chi connectivity index (χ3v) is 7.50. The molecule has 2 aliphatic rings. The molecule has 5 rings (SSSR count). The molecule has 0 bridgehead atoms. The number of aromatic amines is 1. The van der Waals surface area contributed by atoms with Gasteiger partial charge < -0.3 is 14.6 Å². The van der Waals surface area contributed by atoms with Gasteiger partial charge in [-0.25, -0.2) is 9.78 Å². The number of rotatable bonds is 8. The monoisotopic (exact) mass is 475 g/mol. The Labute approximate surface area is 205 Å². The van der Waals surface area contributed by atoms with E-state index in [-0.39, 0.29) is 11.9 Å². The molecule has 0 radical (unpaired) electrons. The number of aryl methyl sites for hydroxylation is 1. The number of methoxy groups -OCH3 is 1. The summed E-state index contributed by atoms with van der Waals surface area (Å²) in [6.07, 6.45) is 3.68. The van der Waals surface area contributed by atoms with Gasteiger partial charge in [-0.2, -0.15) is 0 Å². The molecule has 0 unspecified atom stereocenters. The molecular weight excluding hydrogens is 442 g/mol. The van der Waals surface area contributed by atoms with E-state index in [1.54, 1.807) is 13.4 Å². The molecule has 2 aromatic carbocycles. The molecule has 8 nitrogen and oxygen atoms in total. The van der Waals surface area contributed by atoms with Crippen LogP contribution in [0.15, 0.2) is 48.8 Å². The lowest BCUT2D eigenvalue weighted by Crippen LogP contribution is -2.56. The van der Waals surface area contributed by atoms with Crippen molar-refractivity contribution in [3.63, 3.8) is 0 Å². The number of hydrogen-bond acceptors (Lipinski definition) is 5. The maximum Gasteiger partial charge on any atom is 0.327 e. The second kappa shape index (κ2) is 9.79. The molecule has 35 heavy (non-hydrogen) atoms. The van der Waals surface area contributed by atoms with Gasteiger partial charge in [0, 0.05) is 45.6 Å². The third-order valence-electron chi connectivity index (χ3n) is 7.50. The Morgan fingerprint density at radius 1 is 1.06 bits per heavy atom. The maximum atomic E-state index is 13.9. The summed E-state index contributed by atoms with van der Waals surface area (Å²) < 4.78 is 5.24. The van der Waals surface area contributed by atoms with E-state index < -0.39 is 5.54 Å². The smallest absolute Gasteiger partial charge is 0.327 e. The van der Waals surface area contributed by atoms with Gasteiger partial charge in [0.2, 0.25) is 0 Å². The SMILES string of the molecule is COCCCN1C(=O)N(Cc2ccc3ccccc3c2)C(=O)C12CCN(Cc1nc[nH]c1C)CC2. The average Bonchev–Trinajstić information content (AvgIpc) is 3.36. The van der Waals surface area contributed by atoms with Gasteiger partial charge in [0.05, 0.1) is 18.6 Å². The van der Waals surface area contributed by atoms with Crippen LogP contribution < -0.4 is 0 Å². The largest absolute Gasteiger partial charge is 0.385 e. The number of amides is 3. The Bertz CT molecular complexity index is 1210. The highest BCUT2D eigenvalue weighted by atomic mass is 16.5. The Kier molecular flexibility index (Phi) is 6.58. The number of imide groups is 1. The second-order valence-electron chi connectivity index (χ2n) is 9.64. The van der Waals surface area contributed by atoms with E-state index in [1.165, 1.54) is 4.90 Å². The fourth-order valence-electron chi connectivity index (χ4n) is 5.44. The predicted octanol–water partition coefficient (Wildman–Crippen LogP) is 3.71. The Morgan fingerprint density at radius 2 is 1.83 bits per heavy atom. The Hall–Kier alpha value is -3.23. The van der Waals surface area contributed by atoms with Crippen molar-refractivity contribution in [3.05, 3.63) is 65.7 Å². The number of nitrogens with zero attached hydrogens (tertiary/aromatic N) is 4. The highest BCUT2D eigenvalue weighted by Gasteiger charge is 2.57. The minimum absolute atomic E-state index is 0.0660. The molecule has 8 heteroatoms. The van der Waals surface area contributed by atoms with Gasteiger partial charge in [-0.05, 0) is 48.6 Å². The first-order valence-corrected chi connectivity index (χ1v) is 12.3. The van der Waals surface area contributed by atoms with Crippen molar-refractivity contribution >= 4 is 22.7 Å². The number of piperidine rings is 1. The molecule has 3 aromatic rings. The molecule has 2 aliphatic heterocycles. The van der Waals surface area contributed by atoms with Gasteiger partial charge in [0.25, 0.3) is 5.91 Å². The van der Waals surface area contributed by atoms with Crippen molar-refractivity contribution in [1.82, 2.24) is 24.7 Å². The minimum Gasteiger partial charge on any atom is -0.385 e. The molecule has 2 fully saturated rings. The van der Waals surface area contributed by atoms with Gasteiger partial charge in [-0.3, -0.25) is 14.6 Å². The minimum atomic E-state index is -0.779. The van der Waals surface area contributed by atoms with Crippen LogP contribution in [0.4, 0.5) is 4.79 Å². The number of carbonyl (C=O) groups is 2. The maximum absolute atomic E-state index is 13.9. The fourth-order valence-corrected chi connectivity index (χ4v) is 5.44. The number of fused-ring (bicyclic) bond motifs is 1. The summed E-state index contributed by atoms with van der Waals surface area (Å²) in [4.78, 5) is 40.6. The van der Waals surface area contributed by atoms with Crippen LogP contribution >= 0.6 is 0 Å². The van der Waals surface area contributed by atoms with Crippen LogP contribution in [0.1, 0.15) is 36.2 Å². The Balaban J connectivity index is 1.35. The lowest BCUT2D eigenvalue weighted by Gasteiger charge is -2.42. The highest BCUT2D eigenvalue weighted by Crippen LogP contribution is 2.38. The number of likely N-dealkylation sites (tertiary alicyclic amines) is 1. The number of imidazole rings is 1. The quantitative estimate of drug-likeness (QED) is 0.397. The van der Waals surface area contributed by atoms with Gasteiger partial charge in [0.15, 0.2) is 0 Å². The van der Waals surface area contributed by atoms with Crippen molar-refractivity contribution in [3.8, 4) is 0 Å². The van der Waals surface area contributed by atoms with Crippen LogP contribution in [0.25, 0.3) is 10.8 Å². The summed E-state index contributed by atoms with van der Waals surface area (Å²) in [6, 6.07) is 14.1. The van der Waals surface area contributed by atoms with Crippen LogP contribution in [0, 0.1) is 6.92 Å². The van der Waals surface area contributed by atoms with E-state index in [9.17, 15) is 9.59 Å². The van der Waals surface area contributed by atoms with Crippen molar-refractivity contribution in [2.75, 3.05) is 33.4 Å². The fraction of sp³-hybridized carbons (Fsp3) is 0.444. The van der Waals surface area contributed by atoms with Gasteiger partial charge >= 0.3 is 6.03 Å². The van der Waals surface area contributed by atoms with Crippen LogP contribution in [0.3, 0.4) is 0 Å². The first-order valence-electron chi connectivity index (χ1n) is 12.3. The Morgan fingerprint density at radius 3 is 2.54 bits per heavy atom. The standard InChI is InChI=1S/C27H33N5O3/c1-20-24(29-19-28-20)18-30-13-10-27(11-14-30)25(33)31(26(34)32(27)12-5-15-35-2)17-21-8-9-22-6-3-4-7-23(22)16-21/h3-4,6-9,16,19H,5,10-15,17-18H2,1-2H3,(H,28,29). The van der Waals surface area contributed by atoms with E-state index in [0.717, 1.165) is 47.4 Å². The average molecular weight is 476 g/mol. The van der Waals surface area contributed by atoms with E-state index >= 15 is 0 Å². The summed E-state index contributed by atoms with van der Waals surface area (Å²) >= 11 is 0. The zero-order chi connectivity index (χ0) is 24.4. The molecule has 0 atom stereocenters. The zero-order valence-electron chi connectivity index (χ0n) is 20.5. The lowest BCUT2D eigenvalue weighted by molar-refractivity contribution is -0.136. The molecule has 184 valence electrons. The van der Waals surface area contributed by atoms with E-state index in [4.69, 9.17) is 4.74 Å². The summed E-state index contributed by atoms with van der Waals surface area (Å²) in [5.41, 5.74) is 2.29.